The Bertz CT molecular complexity index is 377. The monoisotopic (exact) mass is 207 g/mol. The molecule has 0 amide bonds. The molecule has 0 bridgehead atoms. The number of hydrogen-bond donors (Lipinski definition) is 1. The molecule has 74 valence electrons. The molecule has 2 N–H and O–H groups in total. The molecule has 0 atom stereocenters. The third-order valence-electron chi connectivity index (χ3n) is 1.98. The van der Waals surface area contributed by atoms with Crippen LogP contribution in [0.1, 0.15) is 4.88 Å². The van der Waals surface area contributed by atoms with Crippen LogP contribution in [0.2, 0.25) is 0 Å². The van der Waals surface area contributed by atoms with Gasteiger partial charge in [-0.15, -0.1) is 11.3 Å². The summed E-state index contributed by atoms with van der Waals surface area (Å²) in [5.41, 5.74) is 5.35. The van der Waals surface area contributed by atoms with Crippen molar-refractivity contribution in [3.63, 3.8) is 0 Å². The molecule has 0 radical (unpaired) electrons. The van der Waals surface area contributed by atoms with E-state index in [4.69, 9.17) is 10.5 Å². The second-order valence-corrected chi connectivity index (χ2v) is 4.26. The zero-order valence-corrected chi connectivity index (χ0v) is 8.72. The van der Waals surface area contributed by atoms with Crippen molar-refractivity contribution in [1.82, 2.24) is 0 Å². The summed E-state index contributed by atoms with van der Waals surface area (Å²) in [5.74, 6) is 0. The lowest BCUT2D eigenvalue weighted by atomic mass is 10.2. The van der Waals surface area contributed by atoms with Gasteiger partial charge in [0.1, 0.15) is 0 Å². The van der Waals surface area contributed by atoms with Crippen molar-refractivity contribution in [1.29, 1.82) is 0 Å². The van der Waals surface area contributed by atoms with E-state index in [2.05, 4.69) is 30.3 Å². The minimum atomic E-state index is 0.588. The maximum atomic E-state index is 5.38. The zero-order valence-electron chi connectivity index (χ0n) is 7.90. The van der Waals surface area contributed by atoms with Gasteiger partial charge in [-0.05, 0) is 17.5 Å². The molecule has 0 aliphatic heterocycles. The summed E-state index contributed by atoms with van der Waals surface area (Å²) in [4.78, 5) is 1.26. The van der Waals surface area contributed by atoms with Crippen LogP contribution < -0.4 is 5.73 Å². The third kappa shape index (κ3) is 2.12. The first-order valence-corrected chi connectivity index (χ1v) is 5.47. The largest absolute Gasteiger partial charge is 0.375 e. The minimum absolute atomic E-state index is 0.588. The van der Waals surface area contributed by atoms with Gasteiger partial charge in [0.2, 0.25) is 0 Å². The molecule has 0 spiro atoms. The molecule has 0 saturated carbocycles. The van der Waals surface area contributed by atoms with Crippen molar-refractivity contribution in [2.75, 3.05) is 13.2 Å². The number of benzene rings is 1. The molecule has 0 aliphatic carbocycles. The van der Waals surface area contributed by atoms with Crippen LogP contribution in [0, 0.1) is 0 Å². The van der Waals surface area contributed by atoms with Gasteiger partial charge in [-0.2, -0.15) is 0 Å². The van der Waals surface area contributed by atoms with Gasteiger partial charge in [0.25, 0.3) is 0 Å². The Morgan fingerprint density at radius 2 is 2.14 bits per heavy atom. The van der Waals surface area contributed by atoms with Crippen molar-refractivity contribution in [3.05, 3.63) is 35.2 Å². The van der Waals surface area contributed by atoms with E-state index in [-0.39, 0.29) is 0 Å². The number of nitrogens with two attached hydrogens (primary N) is 1. The average Bonchev–Trinajstić information content (AvgIpc) is 2.60. The number of ether oxygens (including phenoxy) is 1. The second kappa shape index (κ2) is 4.55. The smallest absolute Gasteiger partial charge is 0.0810 e. The minimum Gasteiger partial charge on any atom is -0.375 e. The Balaban J connectivity index is 2.11. The summed E-state index contributed by atoms with van der Waals surface area (Å²) in [5, 5.41) is 1.30. The molecule has 14 heavy (non-hydrogen) atoms. The van der Waals surface area contributed by atoms with Crippen LogP contribution in [0.3, 0.4) is 0 Å². The highest BCUT2D eigenvalue weighted by Crippen LogP contribution is 2.25. The first-order valence-electron chi connectivity index (χ1n) is 4.65. The van der Waals surface area contributed by atoms with Crippen molar-refractivity contribution in [2.24, 2.45) is 5.73 Å². The number of fused-ring (bicyclic) bond motifs is 1. The standard InChI is InChI=1S/C11H13NOS/c12-5-6-13-8-10-7-9-3-1-2-4-11(9)14-10/h1-4,7H,5-6,8,12H2. The van der Waals surface area contributed by atoms with Gasteiger partial charge >= 0.3 is 0 Å². The van der Waals surface area contributed by atoms with Crippen molar-refractivity contribution in [3.8, 4) is 0 Å². The van der Waals surface area contributed by atoms with Gasteiger partial charge in [-0.1, -0.05) is 18.2 Å². The summed E-state index contributed by atoms with van der Waals surface area (Å²) in [6.45, 7) is 1.90. The van der Waals surface area contributed by atoms with Crippen molar-refractivity contribution >= 4 is 21.4 Å². The van der Waals surface area contributed by atoms with Crippen LogP contribution in [0.15, 0.2) is 30.3 Å². The fourth-order valence-corrected chi connectivity index (χ4v) is 2.37. The predicted molar refractivity (Wildman–Crippen MR) is 60.5 cm³/mol. The van der Waals surface area contributed by atoms with E-state index in [9.17, 15) is 0 Å². The summed E-state index contributed by atoms with van der Waals surface area (Å²) in [6, 6.07) is 10.5. The molecule has 1 heterocycles. The quantitative estimate of drug-likeness (QED) is 0.781. The Morgan fingerprint density at radius 1 is 1.29 bits per heavy atom. The van der Waals surface area contributed by atoms with Crippen molar-refractivity contribution in [2.45, 2.75) is 6.61 Å². The fourth-order valence-electron chi connectivity index (χ4n) is 1.36. The highest BCUT2D eigenvalue weighted by molar-refractivity contribution is 7.19. The molecule has 2 rings (SSSR count). The molecular weight excluding hydrogens is 194 g/mol. The van der Waals surface area contributed by atoms with Gasteiger partial charge in [-0.25, -0.2) is 0 Å². The SMILES string of the molecule is NCCOCc1cc2ccccc2s1. The molecule has 0 aliphatic rings. The lowest BCUT2D eigenvalue weighted by Gasteiger charge is -1.97. The summed E-state index contributed by atoms with van der Waals surface area (Å²) < 4.78 is 6.70. The first-order chi connectivity index (χ1) is 6.90. The van der Waals surface area contributed by atoms with E-state index >= 15 is 0 Å². The van der Waals surface area contributed by atoms with Crippen LogP contribution in [-0.2, 0) is 11.3 Å². The molecular formula is C11H13NOS. The lowest BCUT2D eigenvalue weighted by molar-refractivity contribution is 0.130. The Kier molecular flexibility index (Phi) is 3.14. The van der Waals surface area contributed by atoms with Gasteiger partial charge in [-0.3, -0.25) is 0 Å². The fraction of sp³-hybridized carbons (Fsp3) is 0.273. The van der Waals surface area contributed by atoms with E-state index in [1.807, 2.05) is 0 Å². The number of hydrogen-bond acceptors (Lipinski definition) is 3. The normalized spacial score (nSPS) is 10.9. The van der Waals surface area contributed by atoms with Gasteiger partial charge in [0, 0.05) is 16.1 Å². The number of rotatable bonds is 4. The van der Waals surface area contributed by atoms with Crippen LogP contribution in [0.25, 0.3) is 10.1 Å². The Morgan fingerprint density at radius 3 is 2.93 bits per heavy atom. The van der Waals surface area contributed by atoms with Gasteiger partial charge in [0.05, 0.1) is 13.2 Å². The van der Waals surface area contributed by atoms with Crippen LogP contribution in [-0.4, -0.2) is 13.2 Å². The Labute approximate surface area is 87.3 Å². The average molecular weight is 207 g/mol. The highest BCUT2D eigenvalue weighted by Gasteiger charge is 2.00. The predicted octanol–water partition coefficient (Wildman–Crippen LogP) is 2.38. The second-order valence-electron chi connectivity index (χ2n) is 3.09. The van der Waals surface area contributed by atoms with Crippen LogP contribution >= 0.6 is 11.3 Å². The molecule has 0 unspecified atom stereocenters. The van der Waals surface area contributed by atoms with E-state index < -0.39 is 0 Å². The molecule has 3 heteroatoms. The van der Waals surface area contributed by atoms with E-state index in [1.54, 1.807) is 11.3 Å². The van der Waals surface area contributed by atoms with Crippen LogP contribution in [0.4, 0.5) is 0 Å². The number of thiophene rings is 1. The molecule has 1 aromatic carbocycles. The molecule has 0 fully saturated rings. The summed E-state index contributed by atoms with van der Waals surface area (Å²) in [7, 11) is 0. The van der Waals surface area contributed by atoms with Gasteiger partial charge in [0.15, 0.2) is 0 Å². The van der Waals surface area contributed by atoms with E-state index in [0.717, 1.165) is 0 Å². The molecule has 0 saturated heterocycles. The summed E-state index contributed by atoms with van der Waals surface area (Å²) in [6.07, 6.45) is 0. The first kappa shape index (κ1) is 9.65. The molecule has 1 aromatic heterocycles. The Hall–Kier alpha value is -0.900. The van der Waals surface area contributed by atoms with Gasteiger partial charge < -0.3 is 10.5 Å². The van der Waals surface area contributed by atoms with Crippen molar-refractivity contribution < 1.29 is 4.74 Å². The maximum Gasteiger partial charge on any atom is 0.0810 e. The molecule has 2 aromatic rings. The summed E-state index contributed by atoms with van der Waals surface area (Å²) >= 11 is 1.78. The van der Waals surface area contributed by atoms with E-state index in [0.29, 0.717) is 19.8 Å². The van der Waals surface area contributed by atoms with Crippen LogP contribution in [0.5, 0.6) is 0 Å². The third-order valence-corrected chi connectivity index (χ3v) is 3.07. The van der Waals surface area contributed by atoms with E-state index in [1.165, 1.54) is 15.0 Å². The zero-order chi connectivity index (χ0) is 9.80. The highest BCUT2D eigenvalue weighted by atomic mass is 32.1. The maximum absolute atomic E-state index is 5.38. The molecule has 2 nitrogen and oxygen atoms in total. The lowest BCUT2D eigenvalue weighted by Crippen LogP contribution is -2.07. The topological polar surface area (TPSA) is 35.2 Å².